The Labute approximate surface area is 126 Å². The lowest BCUT2D eigenvalue weighted by molar-refractivity contribution is 0.459. The summed E-state index contributed by atoms with van der Waals surface area (Å²) in [7, 11) is 0. The molecule has 0 bridgehead atoms. The summed E-state index contributed by atoms with van der Waals surface area (Å²) in [5.74, 6) is 0. The summed E-state index contributed by atoms with van der Waals surface area (Å²) >= 11 is 0. The molecule has 1 aromatic rings. The molecule has 1 aromatic carbocycles. The fourth-order valence-corrected chi connectivity index (χ4v) is 2.84. The monoisotopic (exact) mass is 275 g/mol. The van der Waals surface area contributed by atoms with Crippen LogP contribution in [0.3, 0.4) is 0 Å². The first-order chi connectivity index (χ1) is 9.77. The van der Waals surface area contributed by atoms with Gasteiger partial charge in [-0.25, -0.2) is 0 Å². The van der Waals surface area contributed by atoms with Crippen molar-refractivity contribution in [2.75, 3.05) is 6.54 Å². The van der Waals surface area contributed by atoms with Crippen LogP contribution in [0.15, 0.2) is 24.3 Å². The Bertz CT molecular complexity index is 345. The maximum absolute atomic E-state index is 3.66. The van der Waals surface area contributed by atoms with Crippen molar-refractivity contribution in [2.45, 2.75) is 78.2 Å². The highest BCUT2D eigenvalue weighted by Crippen LogP contribution is 2.14. The van der Waals surface area contributed by atoms with Crippen LogP contribution in [0, 0.1) is 6.92 Å². The van der Waals surface area contributed by atoms with Gasteiger partial charge in [0.25, 0.3) is 0 Å². The number of hydrogen-bond donors (Lipinski definition) is 1. The first-order valence-electron chi connectivity index (χ1n) is 8.55. The lowest BCUT2D eigenvalue weighted by Gasteiger charge is -2.19. The van der Waals surface area contributed by atoms with Crippen LogP contribution in [0.4, 0.5) is 0 Å². The van der Waals surface area contributed by atoms with Crippen molar-refractivity contribution in [3.8, 4) is 0 Å². The zero-order valence-corrected chi connectivity index (χ0v) is 13.8. The molecule has 0 aliphatic rings. The highest BCUT2D eigenvalue weighted by atomic mass is 14.9. The molecule has 1 atom stereocenters. The third-order valence-electron chi connectivity index (χ3n) is 4.13. The molecule has 1 unspecified atom stereocenters. The Morgan fingerprint density at radius 1 is 0.950 bits per heavy atom. The molecule has 0 aliphatic heterocycles. The van der Waals surface area contributed by atoms with E-state index in [1.165, 1.54) is 62.5 Å². The van der Waals surface area contributed by atoms with Crippen LogP contribution in [-0.4, -0.2) is 12.6 Å². The predicted octanol–water partition coefficient (Wildman–Crippen LogP) is 5.27. The minimum Gasteiger partial charge on any atom is -0.314 e. The lowest BCUT2D eigenvalue weighted by Crippen LogP contribution is -2.31. The van der Waals surface area contributed by atoms with Crippen LogP contribution >= 0.6 is 0 Å². The first kappa shape index (κ1) is 17.2. The molecule has 114 valence electrons. The van der Waals surface area contributed by atoms with E-state index in [4.69, 9.17) is 0 Å². The van der Waals surface area contributed by atoms with Crippen LogP contribution in [-0.2, 0) is 6.42 Å². The summed E-state index contributed by atoms with van der Waals surface area (Å²) in [4.78, 5) is 0. The van der Waals surface area contributed by atoms with E-state index in [0.717, 1.165) is 6.54 Å². The molecule has 0 heterocycles. The molecule has 1 nitrogen and oxygen atoms in total. The molecule has 1 heteroatoms. The summed E-state index contributed by atoms with van der Waals surface area (Å²) in [6.07, 6.45) is 10.8. The van der Waals surface area contributed by atoms with Gasteiger partial charge in [0.05, 0.1) is 0 Å². The summed E-state index contributed by atoms with van der Waals surface area (Å²) in [6, 6.07) is 9.45. The summed E-state index contributed by atoms with van der Waals surface area (Å²) in [5.41, 5.74) is 2.93. The van der Waals surface area contributed by atoms with E-state index >= 15 is 0 Å². The number of likely N-dealkylation sites (N-methyl/N-ethyl adjacent to an activating group) is 1. The van der Waals surface area contributed by atoms with Crippen molar-refractivity contribution in [3.05, 3.63) is 35.4 Å². The number of rotatable bonds is 11. The van der Waals surface area contributed by atoms with Crippen LogP contribution in [0.2, 0.25) is 0 Å². The number of unbranched alkanes of at least 4 members (excludes halogenated alkanes) is 5. The molecule has 0 amide bonds. The van der Waals surface area contributed by atoms with E-state index in [2.05, 4.69) is 50.4 Å². The molecule has 0 fully saturated rings. The Hall–Kier alpha value is -0.820. The van der Waals surface area contributed by atoms with Gasteiger partial charge in [-0.1, -0.05) is 76.6 Å². The topological polar surface area (TPSA) is 12.0 Å². The highest BCUT2D eigenvalue weighted by molar-refractivity contribution is 5.26. The maximum Gasteiger partial charge on any atom is 0.0107 e. The second-order valence-electron chi connectivity index (χ2n) is 5.94. The van der Waals surface area contributed by atoms with Gasteiger partial charge in [-0.05, 0) is 37.4 Å². The molecular weight excluding hydrogens is 242 g/mol. The van der Waals surface area contributed by atoms with Crippen molar-refractivity contribution >= 4 is 0 Å². The van der Waals surface area contributed by atoms with Crippen LogP contribution < -0.4 is 5.32 Å². The van der Waals surface area contributed by atoms with Crippen molar-refractivity contribution in [2.24, 2.45) is 0 Å². The minimum atomic E-state index is 0.646. The quantitative estimate of drug-likeness (QED) is 0.543. The lowest BCUT2D eigenvalue weighted by atomic mass is 9.97. The molecule has 0 aliphatic carbocycles. The van der Waals surface area contributed by atoms with E-state index < -0.39 is 0 Å². The van der Waals surface area contributed by atoms with Gasteiger partial charge in [0, 0.05) is 6.04 Å². The Morgan fingerprint density at radius 2 is 1.65 bits per heavy atom. The fraction of sp³-hybridized carbons (Fsp3) is 0.684. The Morgan fingerprint density at radius 3 is 2.35 bits per heavy atom. The zero-order chi connectivity index (χ0) is 14.6. The maximum atomic E-state index is 3.66. The van der Waals surface area contributed by atoms with Gasteiger partial charge in [0.2, 0.25) is 0 Å². The fourth-order valence-electron chi connectivity index (χ4n) is 2.84. The Balaban J connectivity index is 2.31. The average Bonchev–Trinajstić information content (AvgIpc) is 2.45. The van der Waals surface area contributed by atoms with E-state index in [-0.39, 0.29) is 0 Å². The molecule has 0 radical (unpaired) electrons. The van der Waals surface area contributed by atoms with E-state index in [0.29, 0.717) is 6.04 Å². The van der Waals surface area contributed by atoms with E-state index in [1.54, 1.807) is 0 Å². The van der Waals surface area contributed by atoms with Crippen molar-refractivity contribution in [3.63, 3.8) is 0 Å². The third kappa shape index (κ3) is 7.09. The number of hydrogen-bond acceptors (Lipinski definition) is 1. The largest absolute Gasteiger partial charge is 0.314 e. The minimum absolute atomic E-state index is 0.646. The SMILES string of the molecule is CCCCCCCCC(Cc1ccccc1C)NCC. The van der Waals surface area contributed by atoms with Crippen LogP contribution in [0.5, 0.6) is 0 Å². The molecule has 20 heavy (non-hydrogen) atoms. The second kappa shape index (κ2) is 10.9. The summed E-state index contributed by atoms with van der Waals surface area (Å²) < 4.78 is 0. The molecule has 1 rings (SSSR count). The van der Waals surface area contributed by atoms with Crippen LogP contribution in [0.1, 0.15) is 69.9 Å². The normalized spacial score (nSPS) is 12.6. The van der Waals surface area contributed by atoms with Crippen LogP contribution in [0.25, 0.3) is 0 Å². The van der Waals surface area contributed by atoms with Gasteiger partial charge >= 0.3 is 0 Å². The first-order valence-corrected chi connectivity index (χ1v) is 8.55. The van der Waals surface area contributed by atoms with Gasteiger partial charge in [0.15, 0.2) is 0 Å². The third-order valence-corrected chi connectivity index (χ3v) is 4.13. The van der Waals surface area contributed by atoms with E-state index in [9.17, 15) is 0 Å². The average molecular weight is 275 g/mol. The van der Waals surface area contributed by atoms with Crippen molar-refractivity contribution in [1.29, 1.82) is 0 Å². The summed E-state index contributed by atoms with van der Waals surface area (Å²) in [6.45, 7) is 7.80. The van der Waals surface area contributed by atoms with E-state index in [1.807, 2.05) is 0 Å². The highest BCUT2D eigenvalue weighted by Gasteiger charge is 2.09. The van der Waals surface area contributed by atoms with Gasteiger partial charge in [-0.2, -0.15) is 0 Å². The van der Waals surface area contributed by atoms with Gasteiger partial charge in [-0.15, -0.1) is 0 Å². The standard InChI is InChI=1S/C19H33N/c1-4-6-7-8-9-10-15-19(20-5-2)16-18-14-12-11-13-17(18)3/h11-14,19-20H,4-10,15-16H2,1-3H3. The smallest absolute Gasteiger partial charge is 0.0107 e. The second-order valence-corrected chi connectivity index (χ2v) is 5.94. The molecule has 0 saturated carbocycles. The predicted molar refractivity (Wildman–Crippen MR) is 90.3 cm³/mol. The summed E-state index contributed by atoms with van der Waals surface area (Å²) in [5, 5.41) is 3.66. The molecule has 0 saturated heterocycles. The molecular formula is C19H33N. The Kier molecular flexibility index (Phi) is 9.40. The van der Waals surface area contributed by atoms with Gasteiger partial charge in [-0.3, -0.25) is 0 Å². The van der Waals surface area contributed by atoms with Gasteiger partial charge in [0.1, 0.15) is 0 Å². The molecule has 0 aromatic heterocycles. The number of benzene rings is 1. The molecule has 1 N–H and O–H groups in total. The molecule has 0 spiro atoms. The number of aryl methyl sites for hydroxylation is 1. The zero-order valence-electron chi connectivity index (χ0n) is 13.8. The van der Waals surface area contributed by atoms with Crippen molar-refractivity contribution in [1.82, 2.24) is 5.32 Å². The number of nitrogens with one attached hydrogen (secondary N) is 1. The van der Waals surface area contributed by atoms with Gasteiger partial charge < -0.3 is 5.32 Å². The van der Waals surface area contributed by atoms with Crippen molar-refractivity contribution < 1.29 is 0 Å².